The Kier molecular flexibility index (Phi) is 4.66. The zero-order valence-corrected chi connectivity index (χ0v) is 9.45. The van der Waals surface area contributed by atoms with Crippen LogP contribution < -0.4 is 5.32 Å². The molecule has 0 radical (unpaired) electrons. The lowest BCUT2D eigenvalue weighted by Crippen LogP contribution is -2.22. The van der Waals surface area contributed by atoms with Gasteiger partial charge in [-0.05, 0) is 19.4 Å². The monoisotopic (exact) mass is 195 g/mol. The fourth-order valence-corrected chi connectivity index (χ4v) is 1.57. The van der Waals surface area contributed by atoms with E-state index in [9.17, 15) is 0 Å². The third-order valence-corrected chi connectivity index (χ3v) is 2.30. The highest BCUT2D eigenvalue weighted by atomic mass is 15.0. The Morgan fingerprint density at radius 3 is 2.71 bits per heavy atom. The van der Waals surface area contributed by atoms with Gasteiger partial charge in [0, 0.05) is 13.2 Å². The predicted octanol–water partition coefficient (Wildman–Crippen LogP) is 2.26. The third kappa shape index (κ3) is 3.14. The van der Waals surface area contributed by atoms with Gasteiger partial charge in [-0.25, -0.2) is 4.98 Å². The summed E-state index contributed by atoms with van der Waals surface area (Å²) in [6.45, 7) is 5.47. The lowest BCUT2D eigenvalue weighted by Gasteiger charge is -2.15. The van der Waals surface area contributed by atoms with Crippen molar-refractivity contribution in [1.29, 1.82) is 0 Å². The summed E-state index contributed by atoms with van der Waals surface area (Å²) in [4.78, 5) is 4.39. The molecule has 0 saturated heterocycles. The largest absolute Gasteiger partial charge is 0.340 e. The summed E-state index contributed by atoms with van der Waals surface area (Å²) < 4.78 is 2.01. The first-order valence-electron chi connectivity index (χ1n) is 5.49. The number of imidazole rings is 1. The molecule has 0 spiro atoms. The molecule has 1 rings (SSSR count). The van der Waals surface area contributed by atoms with Crippen molar-refractivity contribution < 1.29 is 0 Å². The van der Waals surface area contributed by atoms with Crippen molar-refractivity contribution >= 4 is 0 Å². The molecule has 1 aromatic heterocycles. The van der Waals surface area contributed by atoms with Gasteiger partial charge in [0.25, 0.3) is 0 Å². The van der Waals surface area contributed by atoms with Gasteiger partial charge in [-0.15, -0.1) is 0 Å². The number of aromatic nitrogens is 2. The van der Waals surface area contributed by atoms with Gasteiger partial charge >= 0.3 is 0 Å². The maximum absolute atomic E-state index is 4.39. The van der Waals surface area contributed by atoms with Crippen LogP contribution in [0.2, 0.25) is 0 Å². The molecule has 1 N–H and O–H groups in total. The van der Waals surface area contributed by atoms with Crippen LogP contribution in [-0.4, -0.2) is 16.1 Å². The molecule has 1 aromatic rings. The van der Waals surface area contributed by atoms with Crippen LogP contribution in [0.4, 0.5) is 0 Å². The van der Waals surface area contributed by atoms with E-state index in [2.05, 4.69) is 30.3 Å². The van der Waals surface area contributed by atoms with E-state index in [4.69, 9.17) is 0 Å². The first kappa shape index (κ1) is 11.2. The van der Waals surface area contributed by atoms with Crippen LogP contribution in [0.25, 0.3) is 0 Å². The summed E-state index contributed by atoms with van der Waals surface area (Å²) in [7, 11) is 2.01. The minimum absolute atomic E-state index is 0.432. The van der Waals surface area contributed by atoms with Crippen molar-refractivity contribution in [3.63, 3.8) is 0 Å². The molecule has 1 unspecified atom stereocenters. The van der Waals surface area contributed by atoms with Crippen LogP contribution in [-0.2, 0) is 7.05 Å². The normalized spacial score (nSPS) is 13.1. The van der Waals surface area contributed by atoms with E-state index in [0.717, 1.165) is 13.0 Å². The number of hydrogen-bond donors (Lipinski definition) is 1. The van der Waals surface area contributed by atoms with Crippen molar-refractivity contribution in [3.05, 3.63) is 18.2 Å². The van der Waals surface area contributed by atoms with Gasteiger partial charge < -0.3 is 9.88 Å². The Hall–Kier alpha value is -0.830. The smallest absolute Gasteiger partial charge is 0.0947 e. The maximum atomic E-state index is 4.39. The van der Waals surface area contributed by atoms with Gasteiger partial charge in [0.05, 0.1) is 18.1 Å². The Labute approximate surface area is 86.5 Å². The van der Waals surface area contributed by atoms with Crippen LogP contribution in [0.3, 0.4) is 0 Å². The summed E-state index contributed by atoms with van der Waals surface area (Å²) in [5, 5.41) is 3.52. The minimum Gasteiger partial charge on any atom is -0.340 e. The molecule has 0 fully saturated rings. The molecule has 3 nitrogen and oxygen atoms in total. The fraction of sp³-hybridized carbons (Fsp3) is 0.727. The Morgan fingerprint density at radius 2 is 2.21 bits per heavy atom. The molecule has 0 aliphatic rings. The second-order valence-corrected chi connectivity index (χ2v) is 3.76. The summed E-state index contributed by atoms with van der Waals surface area (Å²) >= 11 is 0. The van der Waals surface area contributed by atoms with Crippen molar-refractivity contribution in [3.8, 4) is 0 Å². The molecule has 0 saturated carbocycles. The molecule has 0 aliphatic heterocycles. The molecule has 14 heavy (non-hydrogen) atoms. The van der Waals surface area contributed by atoms with Crippen LogP contribution in [0, 0.1) is 0 Å². The van der Waals surface area contributed by atoms with Crippen LogP contribution in [0.5, 0.6) is 0 Å². The van der Waals surface area contributed by atoms with Crippen LogP contribution in [0.15, 0.2) is 12.5 Å². The second-order valence-electron chi connectivity index (χ2n) is 3.76. The Morgan fingerprint density at radius 1 is 1.43 bits per heavy atom. The van der Waals surface area contributed by atoms with Crippen molar-refractivity contribution in [1.82, 2.24) is 14.9 Å². The molecule has 3 heteroatoms. The van der Waals surface area contributed by atoms with E-state index in [0.29, 0.717) is 6.04 Å². The van der Waals surface area contributed by atoms with Crippen molar-refractivity contribution in [2.45, 2.75) is 39.2 Å². The first-order valence-corrected chi connectivity index (χ1v) is 5.49. The second kappa shape index (κ2) is 5.81. The number of hydrogen-bond acceptors (Lipinski definition) is 2. The molecule has 1 atom stereocenters. The van der Waals surface area contributed by atoms with Crippen molar-refractivity contribution in [2.24, 2.45) is 7.05 Å². The van der Waals surface area contributed by atoms with E-state index in [1.165, 1.54) is 18.5 Å². The molecule has 0 amide bonds. The van der Waals surface area contributed by atoms with E-state index < -0.39 is 0 Å². The number of nitrogens with one attached hydrogen (secondary N) is 1. The minimum atomic E-state index is 0.432. The highest BCUT2D eigenvalue weighted by molar-refractivity contribution is 5.03. The molecular weight excluding hydrogens is 174 g/mol. The van der Waals surface area contributed by atoms with Gasteiger partial charge in [-0.3, -0.25) is 0 Å². The van der Waals surface area contributed by atoms with E-state index in [-0.39, 0.29) is 0 Å². The maximum Gasteiger partial charge on any atom is 0.0947 e. The van der Waals surface area contributed by atoms with Gasteiger partial charge in [-0.1, -0.05) is 20.3 Å². The number of rotatable bonds is 6. The SMILES string of the molecule is CCCNC(CCC)c1cn(C)cn1. The standard InChI is InChI=1S/C11H21N3/c1-4-6-10(12-7-5-2)11-8-14(3)9-13-11/h8-10,12H,4-7H2,1-3H3. The van der Waals surface area contributed by atoms with Gasteiger partial charge in [-0.2, -0.15) is 0 Å². The zero-order valence-electron chi connectivity index (χ0n) is 9.45. The summed E-state index contributed by atoms with van der Waals surface area (Å²) in [6.07, 6.45) is 7.50. The molecule has 80 valence electrons. The van der Waals surface area contributed by atoms with Gasteiger partial charge in [0.1, 0.15) is 0 Å². The third-order valence-electron chi connectivity index (χ3n) is 2.30. The average molecular weight is 195 g/mol. The van der Waals surface area contributed by atoms with Crippen LogP contribution in [0.1, 0.15) is 44.8 Å². The molecule has 1 heterocycles. The van der Waals surface area contributed by atoms with E-state index in [1.807, 2.05) is 17.9 Å². The average Bonchev–Trinajstić information content (AvgIpc) is 2.59. The van der Waals surface area contributed by atoms with Crippen LogP contribution >= 0.6 is 0 Å². The Bertz CT molecular complexity index is 255. The fourth-order valence-electron chi connectivity index (χ4n) is 1.57. The molecule has 0 bridgehead atoms. The highest BCUT2D eigenvalue weighted by Crippen LogP contribution is 2.15. The lowest BCUT2D eigenvalue weighted by molar-refractivity contribution is 0.485. The highest BCUT2D eigenvalue weighted by Gasteiger charge is 2.11. The quantitative estimate of drug-likeness (QED) is 0.754. The zero-order chi connectivity index (χ0) is 10.4. The van der Waals surface area contributed by atoms with Gasteiger partial charge in [0.2, 0.25) is 0 Å². The topological polar surface area (TPSA) is 29.9 Å². The van der Waals surface area contributed by atoms with Gasteiger partial charge in [0.15, 0.2) is 0 Å². The van der Waals surface area contributed by atoms with E-state index in [1.54, 1.807) is 0 Å². The number of nitrogens with zero attached hydrogens (tertiary/aromatic N) is 2. The summed E-state index contributed by atoms with van der Waals surface area (Å²) in [5.74, 6) is 0. The predicted molar refractivity (Wildman–Crippen MR) is 59.2 cm³/mol. The molecular formula is C11H21N3. The van der Waals surface area contributed by atoms with E-state index >= 15 is 0 Å². The summed E-state index contributed by atoms with van der Waals surface area (Å²) in [6, 6.07) is 0.432. The molecule has 0 aromatic carbocycles. The lowest BCUT2D eigenvalue weighted by atomic mass is 10.1. The number of aryl methyl sites for hydroxylation is 1. The summed E-state index contributed by atoms with van der Waals surface area (Å²) in [5.41, 5.74) is 1.17. The van der Waals surface area contributed by atoms with Crippen molar-refractivity contribution in [2.75, 3.05) is 6.54 Å². The Balaban J connectivity index is 2.57. The first-order chi connectivity index (χ1) is 6.77. The molecule has 0 aliphatic carbocycles.